The number of amides is 1. The number of aryl methyl sites for hydroxylation is 1. The Morgan fingerprint density at radius 2 is 1.87 bits per heavy atom. The van der Waals surface area contributed by atoms with Crippen LogP contribution in [0.4, 0.5) is 10.1 Å². The predicted molar refractivity (Wildman–Crippen MR) is 146 cm³/mol. The van der Waals surface area contributed by atoms with Crippen molar-refractivity contribution in [1.82, 2.24) is 20.1 Å². The number of carbonyl (C=O) groups excluding carboxylic acids is 1. The minimum atomic E-state index is -0.518. The Hall–Kier alpha value is -4.02. The molecule has 0 aliphatic heterocycles. The summed E-state index contributed by atoms with van der Waals surface area (Å²) in [7, 11) is 0. The second-order valence-electron chi connectivity index (χ2n) is 8.43. The highest BCUT2D eigenvalue weighted by atomic mass is 35.5. The van der Waals surface area contributed by atoms with E-state index >= 15 is 0 Å². The van der Waals surface area contributed by atoms with Gasteiger partial charge in [0.1, 0.15) is 5.82 Å². The van der Waals surface area contributed by atoms with Crippen LogP contribution in [-0.4, -0.2) is 25.6 Å². The molecule has 0 bridgehead atoms. The van der Waals surface area contributed by atoms with Gasteiger partial charge in [-0.3, -0.25) is 19.5 Å². The van der Waals surface area contributed by atoms with E-state index in [1.54, 1.807) is 43.3 Å². The van der Waals surface area contributed by atoms with Crippen molar-refractivity contribution < 1.29 is 14.1 Å². The first-order valence-electron chi connectivity index (χ1n) is 11.5. The maximum atomic E-state index is 13.3. The summed E-state index contributed by atoms with van der Waals surface area (Å²) in [5.41, 5.74) is 3.27. The van der Waals surface area contributed by atoms with Crippen LogP contribution < -0.4 is 5.32 Å². The third-order valence-corrected chi connectivity index (χ3v) is 6.86. The number of non-ortho nitro benzene ring substituents is 1. The topological polar surface area (TPSA) is 103 Å². The van der Waals surface area contributed by atoms with Crippen molar-refractivity contribution in [2.24, 2.45) is 0 Å². The molecule has 38 heavy (non-hydrogen) atoms. The highest BCUT2D eigenvalue weighted by molar-refractivity contribution is 7.98. The first-order chi connectivity index (χ1) is 18.2. The Morgan fingerprint density at radius 3 is 2.55 bits per heavy atom. The fourth-order valence-electron chi connectivity index (χ4n) is 3.64. The molecule has 11 heteroatoms. The summed E-state index contributed by atoms with van der Waals surface area (Å²) >= 11 is 7.74. The minimum absolute atomic E-state index is 0.0241. The van der Waals surface area contributed by atoms with Crippen LogP contribution in [-0.2, 0) is 10.5 Å². The summed E-state index contributed by atoms with van der Waals surface area (Å²) < 4.78 is 15.2. The number of nitro groups is 1. The number of rotatable bonds is 9. The van der Waals surface area contributed by atoms with Gasteiger partial charge in [0, 0.05) is 29.0 Å². The Bertz CT molecular complexity index is 1490. The lowest BCUT2D eigenvalue weighted by Gasteiger charge is -2.17. The van der Waals surface area contributed by atoms with E-state index in [0.717, 1.165) is 16.8 Å². The average Bonchev–Trinajstić information content (AvgIpc) is 3.32. The maximum Gasteiger partial charge on any atom is 0.269 e. The molecule has 0 fully saturated rings. The zero-order valence-corrected chi connectivity index (χ0v) is 22.0. The molecule has 8 nitrogen and oxygen atoms in total. The molecule has 1 N–H and O–H groups in total. The summed E-state index contributed by atoms with van der Waals surface area (Å²) in [6.45, 7) is 3.74. The van der Waals surface area contributed by atoms with Gasteiger partial charge in [0.05, 0.1) is 16.7 Å². The Labute approximate surface area is 227 Å². The molecule has 4 aromatic rings. The molecule has 0 radical (unpaired) electrons. The number of thioether (sulfide) groups is 1. The molecule has 0 aliphatic rings. The standard InChI is InChI=1S/C27H23ClFN5O3S/c1-17-3-9-21(28)15-24(17)33-26(31-32-27(33)38-16-20-4-10-22(29)11-5-20)18(2)30-25(35)14-8-19-6-12-23(13-7-19)34(36)37/h3-15,18H,16H2,1-2H3,(H,30,35)/b14-8+. The van der Waals surface area contributed by atoms with Gasteiger partial charge >= 0.3 is 0 Å². The quantitative estimate of drug-likeness (QED) is 0.111. The molecule has 0 saturated heterocycles. The summed E-state index contributed by atoms with van der Waals surface area (Å²) in [5.74, 6) is 0.380. The van der Waals surface area contributed by atoms with E-state index < -0.39 is 11.0 Å². The lowest BCUT2D eigenvalue weighted by molar-refractivity contribution is -0.384. The van der Waals surface area contributed by atoms with Crippen LogP contribution in [0.5, 0.6) is 0 Å². The second kappa shape index (κ2) is 12.0. The zero-order valence-electron chi connectivity index (χ0n) is 20.5. The molecule has 1 atom stereocenters. The van der Waals surface area contributed by atoms with E-state index in [1.165, 1.54) is 42.1 Å². The normalized spacial score (nSPS) is 12.0. The Balaban J connectivity index is 1.56. The molecule has 3 aromatic carbocycles. The van der Waals surface area contributed by atoms with E-state index in [9.17, 15) is 19.3 Å². The van der Waals surface area contributed by atoms with Crippen LogP contribution in [0, 0.1) is 22.9 Å². The highest BCUT2D eigenvalue weighted by Crippen LogP contribution is 2.30. The number of aromatic nitrogens is 3. The van der Waals surface area contributed by atoms with Crippen LogP contribution in [0.1, 0.15) is 35.5 Å². The van der Waals surface area contributed by atoms with Gasteiger partial charge in [-0.2, -0.15) is 0 Å². The number of nitro benzene ring substituents is 1. The molecule has 1 unspecified atom stereocenters. The first-order valence-corrected chi connectivity index (χ1v) is 12.9. The van der Waals surface area contributed by atoms with E-state index in [0.29, 0.717) is 27.3 Å². The van der Waals surface area contributed by atoms with Gasteiger partial charge in [-0.1, -0.05) is 41.6 Å². The lowest BCUT2D eigenvalue weighted by atomic mass is 10.2. The van der Waals surface area contributed by atoms with Gasteiger partial charge in [0.15, 0.2) is 11.0 Å². The zero-order chi connectivity index (χ0) is 27.2. The SMILES string of the molecule is Cc1ccc(Cl)cc1-n1c(SCc2ccc(F)cc2)nnc1C(C)NC(=O)/C=C/c1ccc([N+](=O)[O-])cc1. The van der Waals surface area contributed by atoms with Crippen LogP contribution >= 0.6 is 23.4 Å². The molecular formula is C27H23ClFN5O3S. The number of benzene rings is 3. The fraction of sp³-hybridized carbons (Fsp3) is 0.148. The van der Waals surface area contributed by atoms with Gasteiger partial charge in [0.2, 0.25) is 5.91 Å². The van der Waals surface area contributed by atoms with Crippen LogP contribution in [0.25, 0.3) is 11.8 Å². The summed E-state index contributed by atoms with van der Waals surface area (Å²) in [4.78, 5) is 23.0. The van der Waals surface area contributed by atoms with E-state index in [2.05, 4.69) is 15.5 Å². The maximum absolute atomic E-state index is 13.3. The van der Waals surface area contributed by atoms with E-state index in [4.69, 9.17) is 11.6 Å². The van der Waals surface area contributed by atoms with Crippen molar-refractivity contribution in [2.75, 3.05) is 0 Å². The van der Waals surface area contributed by atoms with Crippen molar-refractivity contribution in [3.05, 3.63) is 116 Å². The average molecular weight is 552 g/mol. The molecule has 1 amide bonds. The lowest BCUT2D eigenvalue weighted by Crippen LogP contribution is -2.27. The predicted octanol–water partition coefficient (Wildman–Crippen LogP) is 6.46. The van der Waals surface area contributed by atoms with E-state index in [1.807, 2.05) is 23.6 Å². The van der Waals surface area contributed by atoms with E-state index in [-0.39, 0.29) is 17.4 Å². The molecular weight excluding hydrogens is 529 g/mol. The fourth-order valence-corrected chi connectivity index (χ4v) is 4.71. The molecule has 0 saturated carbocycles. The Morgan fingerprint density at radius 1 is 1.16 bits per heavy atom. The van der Waals surface area contributed by atoms with Gasteiger partial charge in [-0.25, -0.2) is 4.39 Å². The van der Waals surface area contributed by atoms with Crippen molar-refractivity contribution in [3.63, 3.8) is 0 Å². The second-order valence-corrected chi connectivity index (χ2v) is 9.81. The number of hydrogen-bond acceptors (Lipinski definition) is 6. The van der Waals surface area contributed by atoms with Gasteiger partial charge in [-0.05, 0) is 73.0 Å². The largest absolute Gasteiger partial charge is 0.343 e. The van der Waals surface area contributed by atoms with Crippen LogP contribution in [0.3, 0.4) is 0 Å². The monoisotopic (exact) mass is 551 g/mol. The van der Waals surface area contributed by atoms with Crippen LogP contribution in [0.2, 0.25) is 5.02 Å². The molecule has 1 heterocycles. The van der Waals surface area contributed by atoms with Crippen molar-refractivity contribution in [3.8, 4) is 5.69 Å². The van der Waals surface area contributed by atoms with Gasteiger partial charge < -0.3 is 5.32 Å². The number of carbonyl (C=O) groups is 1. The smallest absolute Gasteiger partial charge is 0.269 e. The minimum Gasteiger partial charge on any atom is -0.343 e. The summed E-state index contributed by atoms with van der Waals surface area (Å²) in [6, 6.07) is 17.1. The third kappa shape index (κ3) is 6.64. The Kier molecular flexibility index (Phi) is 8.55. The molecule has 0 spiro atoms. The van der Waals surface area contributed by atoms with Crippen molar-refractivity contribution in [1.29, 1.82) is 0 Å². The van der Waals surface area contributed by atoms with Gasteiger partial charge in [-0.15, -0.1) is 10.2 Å². The number of halogens is 2. The molecule has 4 rings (SSSR count). The number of nitrogens with zero attached hydrogens (tertiary/aromatic N) is 4. The highest BCUT2D eigenvalue weighted by Gasteiger charge is 2.22. The summed E-state index contributed by atoms with van der Waals surface area (Å²) in [6.07, 6.45) is 2.93. The molecule has 1 aromatic heterocycles. The molecule has 0 aliphatic carbocycles. The first kappa shape index (κ1) is 27.0. The van der Waals surface area contributed by atoms with Gasteiger partial charge in [0.25, 0.3) is 5.69 Å². The number of nitrogens with one attached hydrogen (secondary N) is 1. The number of hydrogen-bond donors (Lipinski definition) is 1. The third-order valence-electron chi connectivity index (χ3n) is 5.63. The molecule has 194 valence electrons. The summed E-state index contributed by atoms with van der Waals surface area (Å²) in [5, 5.41) is 23.6. The van der Waals surface area contributed by atoms with Crippen LogP contribution in [0.15, 0.2) is 78.0 Å². The van der Waals surface area contributed by atoms with Crippen molar-refractivity contribution >= 4 is 41.0 Å². The van der Waals surface area contributed by atoms with Crippen molar-refractivity contribution in [2.45, 2.75) is 30.8 Å².